The Balaban J connectivity index is 2.67. The molecule has 1 N–H and O–H groups in total. The highest BCUT2D eigenvalue weighted by Gasteiger charge is 2.31. The van der Waals surface area contributed by atoms with Gasteiger partial charge in [0.05, 0.1) is 0 Å². The summed E-state index contributed by atoms with van der Waals surface area (Å²) in [5, 5.41) is 8.73. The smallest absolute Gasteiger partial charge is 0.407 e. The van der Waals surface area contributed by atoms with Gasteiger partial charge in [-0.2, -0.15) is 0 Å². The molecule has 1 rings (SSSR count). The van der Waals surface area contributed by atoms with Gasteiger partial charge in [-0.3, -0.25) is 4.79 Å². The minimum Gasteiger partial charge on any atom is -0.465 e. The molecule has 1 aliphatic rings. The molecule has 0 aromatic rings. The Labute approximate surface area is 71.2 Å². The number of Topliss-reactive ketones (excluding diaryl/α,β-unsaturated/α-hetero) is 1. The Kier molecular flexibility index (Phi) is 2.35. The number of ketones is 1. The average molecular weight is 171 g/mol. The predicted octanol–water partition coefficient (Wildman–Crippen LogP) is 0.964. The maximum absolute atomic E-state index is 11.2. The highest BCUT2D eigenvalue weighted by molar-refractivity contribution is 5.83. The molecule has 0 radical (unpaired) electrons. The summed E-state index contributed by atoms with van der Waals surface area (Å²) in [6, 6.07) is -0.161. The van der Waals surface area contributed by atoms with E-state index in [-0.39, 0.29) is 17.7 Å². The number of hydrogen-bond donors (Lipinski definition) is 1. The highest BCUT2D eigenvalue weighted by Crippen LogP contribution is 2.18. The van der Waals surface area contributed by atoms with Crippen molar-refractivity contribution >= 4 is 11.9 Å². The molecule has 0 spiro atoms. The molecule has 0 aromatic carbocycles. The molecule has 12 heavy (non-hydrogen) atoms. The maximum Gasteiger partial charge on any atom is 0.407 e. The molecule has 4 nitrogen and oxygen atoms in total. The van der Waals surface area contributed by atoms with E-state index in [2.05, 4.69) is 0 Å². The van der Waals surface area contributed by atoms with Crippen molar-refractivity contribution in [3.05, 3.63) is 0 Å². The maximum atomic E-state index is 11.2. The number of carbonyl (C=O) groups is 2. The molecule has 0 aromatic heterocycles. The number of carbonyl (C=O) groups excluding carboxylic acids is 1. The van der Waals surface area contributed by atoms with Gasteiger partial charge >= 0.3 is 6.09 Å². The molecule has 2 unspecified atom stereocenters. The molecule has 1 saturated heterocycles. The Morgan fingerprint density at radius 2 is 2.17 bits per heavy atom. The van der Waals surface area contributed by atoms with Crippen LogP contribution in [0.15, 0.2) is 0 Å². The molecule has 2 atom stereocenters. The van der Waals surface area contributed by atoms with Gasteiger partial charge in [-0.1, -0.05) is 6.92 Å². The Hall–Kier alpha value is -1.06. The lowest BCUT2D eigenvalue weighted by atomic mass is 9.94. The number of rotatable bonds is 0. The van der Waals surface area contributed by atoms with Gasteiger partial charge in [0.15, 0.2) is 0 Å². The second-order valence-electron chi connectivity index (χ2n) is 3.36. The van der Waals surface area contributed by atoms with Crippen LogP contribution >= 0.6 is 0 Å². The second-order valence-corrected chi connectivity index (χ2v) is 3.36. The van der Waals surface area contributed by atoms with Crippen LogP contribution in [0.25, 0.3) is 0 Å². The molecule has 0 bridgehead atoms. The third-order valence-corrected chi connectivity index (χ3v) is 2.29. The van der Waals surface area contributed by atoms with E-state index in [1.165, 1.54) is 4.90 Å². The van der Waals surface area contributed by atoms with Crippen LogP contribution in [0, 0.1) is 5.92 Å². The Bertz CT molecular complexity index is 214. The molecule has 0 saturated carbocycles. The van der Waals surface area contributed by atoms with E-state index >= 15 is 0 Å². The quantitative estimate of drug-likeness (QED) is 0.590. The van der Waals surface area contributed by atoms with Crippen LogP contribution in [0.3, 0.4) is 0 Å². The van der Waals surface area contributed by atoms with Crippen LogP contribution in [-0.2, 0) is 4.79 Å². The lowest BCUT2D eigenvalue weighted by molar-refractivity contribution is -0.126. The summed E-state index contributed by atoms with van der Waals surface area (Å²) >= 11 is 0. The first-order chi connectivity index (χ1) is 5.52. The molecular formula is C8H13NO3. The van der Waals surface area contributed by atoms with Crippen molar-refractivity contribution < 1.29 is 14.7 Å². The van der Waals surface area contributed by atoms with Gasteiger partial charge in [0, 0.05) is 24.9 Å². The standard InChI is InChI=1S/C8H13NO3/c1-5-4-9(8(11)12)6(2)3-7(5)10/h5-6H,3-4H2,1-2H3,(H,11,12). The minimum absolute atomic E-state index is 0.141. The molecule has 0 aliphatic carbocycles. The lowest BCUT2D eigenvalue weighted by Crippen LogP contribution is -2.47. The van der Waals surface area contributed by atoms with Crippen molar-refractivity contribution in [2.75, 3.05) is 6.54 Å². The summed E-state index contributed by atoms with van der Waals surface area (Å²) in [5.74, 6) is 0.0253. The number of likely N-dealkylation sites (tertiary alicyclic amines) is 1. The number of nitrogens with zero attached hydrogens (tertiary/aromatic N) is 1. The van der Waals surface area contributed by atoms with Crippen molar-refractivity contribution in [1.29, 1.82) is 0 Å². The van der Waals surface area contributed by atoms with E-state index in [4.69, 9.17) is 5.11 Å². The average Bonchev–Trinajstić information content (AvgIpc) is 1.96. The third kappa shape index (κ3) is 1.57. The summed E-state index contributed by atoms with van der Waals surface area (Å²) in [7, 11) is 0. The fourth-order valence-electron chi connectivity index (χ4n) is 1.45. The fraction of sp³-hybridized carbons (Fsp3) is 0.750. The van der Waals surface area contributed by atoms with Crippen LogP contribution in [0.5, 0.6) is 0 Å². The first-order valence-electron chi connectivity index (χ1n) is 4.04. The Morgan fingerprint density at radius 3 is 2.67 bits per heavy atom. The first kappa shape index (κ1) is 9.03. The van der Waals surface area contributed by atoms with Gasteiger partial charge in [-0.25, -0.2) is 4.79 Å². The van der Waals surface area contributed by atoms with Crippen molar-refractivity contribution in [3.63, 3.8) is 0 Å². The van der Waals surface area contributed by atoms with E-state index in [1.54, 1.807) is 13.8 Å². The summed E-state index contributed by atoms with van der Waals surface area (Å²) in [4.78, 5) is 23.1. The van der Waals surface area contributed by atoms with Gasteiger partial charge in [-0.15, -0.1) is 0 Å². The lowest BCUT2D eigenvalue weighted by Gasteiger charge is -2.33. The van der Waals surface area contributed by atoms with Gasteiger partial charge in [-0.05, 0) is 6.92 Å². The van der Waals surface area contributed by atoms with Gasteiger partial charge in [0.25, 0.3) is 0 Å². The van der Waals surface area contributed by atoms with Crippen molar-refractivity contribution in [2.24, 2.45) is 5.92 Å². The van der Waals surface area contributed by atoms with E-state index in [0.717, 1.165) is 0 Å². The fourth-order valence-corrected chi connectivity index (χ4v) is 1.45. The van der Waals surface area contributed by atoms with Crippen molar-refractivity contribution in [2.45, 2.75) is 26.3 Å². The third-order valence-electron chi connectivity index (χ3n) is 2.29. The summed E-state index contributed by atoms with van der Waals surface area (Å²) < 4.78 is 0. The largest absolute Gasteiger partial charge is 0.465 e. The molecule has 1 fully saturated rings. The first-order valence-corrected chi connectivity index (χ1v) is 4.04. The van der Waals surface area contributed by atoms with E-state index in [1.807, 2.05) is 0 Å². The zero-order valence-electron chi connectivity index (χ0n) is 7.28. The molecule has 4 heteroatoms. The van der Waals surface area contributed by atoms with Crippen molar-refractivity contribution in [1.82, 2.24) is 4.90 Å². The SMILES string of the molecule is CC1CN(C(=O)O)C(C)CC1=O. The number of hydrogen-bond acceptors (Lipinski definition) is 2. The predicted molar refractivity (Wildman–Crippen MR) is 43.0 cm³/mol. The normalized spacial score (nSPS) is 30.5. The van der Waals surface area contributed by atoms with Gasteiger partial charge in [0.1, 0.15) is 5.78 Å². The summed E-state index contributed by atoms with van der Waals surface area (Å²) in [5.41, 5.74) is 0. The molecule has 1 heterocycles. The number of amides is 1. The van der Waals surface area contributed by atoms with E-state index in [9.17, 15) is 9.59 Å². The zero-order chi connectivity index (χ0) is 9.30. The topological polar surface area (TPSA) is 57.6 Å². The van der Waals surface area contributed by atoms with Crippen molar-refractivity contribution in [3.8, 4) is 0 Å². The zero-order valence-corrected chi connectivity index (χ0v) is 7.28. The van der Waals surface area contributed by atoms with Crippen LogP contribution in [-0.4, -0.2) is 34.5 Å². The minimum atomic E-state index is -0.929. The van der Waals surface area contributed by atoms with E-state index in [0.29, 0.717) is 13.0 Å². The molecular weight excluding hydrogens is 158 g/mol. The monoisotopic (exact) mass is 171 g/mol. The number of carboxylic acid groups (broad SMARTS) is 1. The van der Waals surface area contributed by atoms with Crippen LogP contribution in [0.4, 0.5) is 4.79 Å². The van der Waals surface area contributed by atoms with Crippen LogP contribution < -0.4 is 0 Å². The number of piperidine rings is 1. The summed E-state index contributed by atoms with van der Waals surface area (Å²) in [6.45, 7) is 3.87. The van der Waals surface area contributed by atoms with Gasteiger partial charge < -0.3 is 10.0 Å². The van der Waals surface area contributed by atoms with Crippen LogP contribution in [0.2, 0.25) is 0 Å². The Morgan fingerprint density at radius 1 is 1.58 bits per heavy atom. The van der Waals surface area contributed by atoms with E-state index < -0.39 is 6.09 Å². The second kappa shape index (κ2) is 3.13. The molecule has 1 aliphatic heterocycles. The molecule has 1 amide bonds. The highest BCUT2D eigenvalue weighted by atomic mass is 16.4. The molecule has 68 valence electrons. The van der Waals surface area contributed by atoms with Gasteiger partial charge in [0.2, 0.25) is 0 Å². The summed E-state index contributed by atoms with van der Waals surface area (Å²) in [6.07, 6.45) is -0.574. The van der Waals surface area contributed by atoms with Crippen LogP contribution in [0.1, 0.15) is 20.3 Å².